The van der Waals surface area contributed by atoms with Crippen molar-refractivity contribution in [3.8, 4) is 0 Å². The molecule has 0 amide bonds. The van der Waals surface area contributed by atoms with Gasteiger partial charge in [0.15, 0.2) is 0 Å². The van der Waals surface area contributed by atoms with E-state index in [9.17, 15) is 10.1 Å². The van der Waals surface area contributed by atoms with Crippen LogP contribution >= 0.6 is 0 Å². The van der Waals surface area contributed by atoms with Crippen molar-refractivity contribution >= 4 is 0 Å². The monoisotopic (exact) mass is 144 g/mol. The third-order valence-corrected chi connectivity index (χ3v) is 1.90. The van der Waals surface area contributed by atoms with Crippen LogP contribution in [0.25, 0.3) is 0 Å². The van der Waals surface area contributed by atoms with Gasteiger partial charge in [-0.15, -0.1) is 0 Å². The van der Waals surface area contributed by atoms with E-state index in [0.29, 0.717) is 5.92 Å². The van der Waals surface area contributed by atoms with Crippen molar-refractivity contribution in [2.45, 2.75) is 6.42 Å². The van der Waals surface area contributed by atoms with Crippen LogP contribution in [0.5, 0.6) is 0 Å². The van der Waals surface area contributed by atoms with E-state index >= 15 is 0 Å². The molecule has 1 saturated heterocycles. The SMILES string of the molecule is CN1CCC(C[N+](=O)[O-])C1. The van der Waals surface area contributed by atoms with E-state index < -0.39 is 0 Å². The summed E-state index contributed by atoms with van der Waals surface area (Å²) in [4.78, 5) is 12.0. The van der Waals surface area contributed by atoms with E-state index in [4.69, 9.17) is 0 Å². The average molecular weight is 144 g/mol. The summed E-state index contributed by atoms with van der Waals surface area (Å²) in [5.41, 5.74) is 0. The molecule has 0 aromatic heterocycles. The normalized spacial score (nSPS) is 27.1. The molecule has 0 spiro atoms. The molecule has 0 aromatic carbocycles. The van der Waals surface area contributed by atoms with Gasteiger partial charge in [0.1, 0.15) is 0 Å². The van der Waals surface area contributed by atoms with Crippen LogP contribution in [-0.2, 0) is 0 Å². The van der Waals surface area contributed by atoms with Gasteiger partial charge in [0.05, 0.1) is 0 Å². The van der Waals surface area contributed by atoms with Crippen molar-refractivity contribution in [2.24, 2.45) is 5.92 Å². The highest BCUT2D eigenvalue weighted by atomic mass is 16.6. The van der Waals surface area contributed by atoms with E-state index in [-0.39, 0.29) is 11.5 Å². The molecule has 0 aromatic rings. The lowest BCUT2D eigenvalue weighted by Gasteiger charge is -2.04. The maximum atomic E-state index is 10.0. The Hall–Kier alpha value is -0.640. The number of rotatable bonds is 2. The van der Waals surface area contributed by atoms with Crippen LogP contribution in [0.1, 0.15) is 6.42 Å². The molecule has 0 N–H and O–H groups in total. The highest BCUT2D eigenvalue weighted by molar-refractivity contribution is 4.71. The Balaban J connectivity index is 2.24. The van der Waals surface area contributed by atoms with Crippen LogP contribution in [0.3, 0.4) is 0 Å². The molecule has 0 saturated carbocycles. The first-order valence-corrected chi connectivity index (χ1v) is 3.49. The summed E-state index contributed by atoms with van der Waals surface area (Å²) < 4.78 is 0. The maximum Gasteiger partial charge on any atom is 0.207 e. The molecular formula is C6H12N2O2. The maximum absolute atomic E-state index is 10.0. The second kappa shape index (κ2) is 2.96. The molecule has 1 fully saturated rings. The van der Waals surface area contributed by atoms with Crippen LogP contribution in [0.4, 0.5) is 0 Å². The summed E-state index contributed by atoms with van der Waals surface area (Å²) in [7, 11) is 2.00. The van der Waals surface area contributed by atoms with Gasteiger partial charge >= 0.3 is 0 Å². The predicted molar refractivity (Wildman–Crippen MR) is 37.5 cm³/mol. The van der Waals surface area contributed by atoms with Gasteiger partial charge in [0, 0.05) is 17.4 Å². The van der Waals surface area contributed by atoms with Gasteiger partial charge in [-0.2, -0.15) is 0 Å². The summed E-state index contributed by atoms with van der Waals surface area (Å²) in [6, 6.07) is 0. The molecule has 58 valence electrons. The van der Waals surface area contributed by atoms with Crippen molar-refractivity contribution in [2.75, 3.05) is 26.7 Å². The minimum Gasteiger partial charge on any atom is -0.306 e. The molecule has 0 radical (unpaired) electrons. The third-order valence-electron chi connectivity index (χ3n) is 1.90. The van der Waals surface area contributed by atoms with E-state index in [1.54, 1.807) is 0 Å². The fourth-order valence-electron chi connectivity index (χ4n) is 1.39. The highest BCUT2D eigenvalue weighted by Gasteiger charge is 2.23. The average Bonchev–Trinajstić information content (AvgIpc) is 2.13. The minimum absolute atomic E-state index is 0.143. The minimum atomic E-state index is -0.218. The molecule has 0 aliphatic carbocycles. The summed E-state index contributed by atoms with van der Waals surface area (Å²) in [5, 5.41) is 10.0. The van der Waals surface area contributed by atoms with Gasteiger partial charge in [-0.1, -0.05) is 0 Å². The number of likely N-dealkylation sites (tertiary alicyclic amines) is 1. The summed E-state index contributed by atoms with van der Waals surface area (Å²) in [5.74, 6) is 0.292. The number of hydrogen-bond donors (Lipinski definition) is 0. The first-order chi connectivity index (χ1) is 4.68. The molecule has 1 unspecified atom stereocenters. The molecule has 10 heavy (non-hydrogen) atoms. The zero-order chi connectivity index (χ0) is 7.56. The van der Waals surface area contributed by atoms with E-state index in [2.05, 4.69) is 4.90 Å². The predicted octanol–water partition coefficient (Wildman–Crippen LogP) is 0.215. The first-order valence-electron chi connectivity index (χ1n) is 3.49. The molecule has 4 nitrogen and oxygen atoms in total. The van der Waals surface area contributed by atoms with Gasteiger partial charge in [-0.25, -0.2) is 0 Å². The van der Waals surface area contributed by atoms with Crippen molar-refractivity contribution in [1.82, 2.24) is 4.90 Å². The van der Waals surface area contributed by atoms with Gasteiger partial charge in [0.2, 0.25) is 6.54 Å². The lowest BCUT2D eigenvalue weighted by atomic mass is 10.1. The molecule has 1 heterocycles. The molecular weight excluding hydrogens is 132 g/mol. The third kappa shape index (κ3) is 1.95. The van der Waals surface area contributed by atoms with Crippen molar-refractivity contribution in [1.29, 1.82) is 0 Å². The summed E-state index contributed by atoms with van der Waals surface area (Å²) in [6.45, 7) is 2.05. The fraction of sp³-hybridized carbons (Fsp3) is 1.00. The smallest absolute Gasteiger partial charge is 0.207 e. The summed E-state index contributed by atoms with van der Waals surface area (Å²) in [6.07, 6.45) is 0.984. The first kappa shape index (κ1) is 7.47. The van der Waals surface area contributed by atoms with Crippen molar-refractivity contribution in [3.05, 3.63) is 10.1 Å². The number of hydrogen-bond acceptors (Lipinski definition) is 3. The Bertz CT molecular complexity index is 138. The number of nitro groups is 1. The zero-order valence-corrected chi connectivity index (χ0v) is 6.12. The largest absolute Gasteiger partial charge is 0.306 e. The molecule has 1 atom stereocenters. The van der Waals surface area contributed by atoms with E-state index in [1.807, 2.05) is 7.05 Å². The number of nitrogens with zero attached hydrogens (tertiary/aromatic N) is 2. The van der Waals surface area contributed by atoms with Crippen LogP contribution < -0.4 is 0 Å². The van der Waals surface area contributed by atoms with E-state index in [1.165, 1.54) is 0 Å². The van der Waals surface area contributed by atoms with Crippen molar-refractivity contribution in [3.63, 3.8) is 0 Å². The van der Waals surface area contributed by atoms with Crippen molar-refractivity contribution < 1.29 is 4.92 Å². The Labute approximate surface area is 60.0 Å². The second-order valence-corrected chi connectivity index (χ2v) is 2.93. The van der Waals surface area contributed by atoms with Gasteiger partial charge in [-0.05, 0) is 20.0 Å². The van der Waals surface area contributed by atoms with Gasteiger partial charge in [-0.3, -0.25) is 10.1 Å². The standard InChI is InChI=1S/C6H12N2O2/c1-7-3-2-6(4-7)5-8(9)10/h6H,2-5H2,1H3. The van der Waals surface area contributed by atoms with E-state index in [0.717, 1.165) is 19.5 Å². The Morgan fingerprint density at radius 2 is 2.50 bits per heavy atom. The zero-order valence-electron chi connectivity index (χ0n) is 6.12. The van der Waals surface area contributed by atoms with Crippen LogP contribution in [0.15, 0.2) is 0 Å². The quantitative estimate of drug-likeness (QED) is 0.411. The lowest BCUT2D eigenvalue weighted by molar-refractivity contribution is -0.487. The highest BCUT2D eigenvalue weighted by Crippen LogP contribution is 2.13. The molecule has 1 rings (SSSR count). The van der Waals surface area contributed by atoms with Crippen LogP contribution in [0, 0.1) is 16.0 Å². The molecule has 1 aliphatic heterocycles. The Morgan fingerprint density at radius 1 is 1.80 bits per heavy atom. The fourth-order valence-corrected chi connectivity index (χ4v) is 1.39. The molecule has 1 aliphatic rings. The Morgan fingerprint density at radius 3 is 2.90 bits per heavy atom. The van der Waals surface area contributed by atoms with Crippen LogP contribution in [0.2, 0.25) is 0 Å². The van der Waals surface area contributed by atoms with Gasteiger partial charge < -0.3 is 4.90 Å². The topological polar surface area (TPSA) is 46.4 Å². The van der Waals surface area contributed by atoms with Crippen LogP contribution in [-0.4, -0.2) is 36.5 Å². The van der Waals surface area contributed by atoms with Gasteiger partial charge in [0.25, 0.3) is 0 Å². The summed E-state index contributed by atoms with van der Waals surface area (Å²) >= 11 is 0. The molecule has 4 heteroatoms. The Kier molecular flexibility index (Phi) is 2.21. The second-order valence-electron chi connectivity index (χ2n) is 2.93. The lowest BCUT2D eigenvalue weighted by Crippen LogP contribution is -2.18. The molecule has 0 bridgehead atoms.